The molecule has 0 spiro atoms. The fourth-order valence-corrected chi connectivity index (χ4v) is 4.69. The van der Waals surface area contributed by atoms with E-state index in [2.05, 4.69) is 9.97 Å². The molecule has 0 radical (unpaired) electrons. The van der Waals surface area contributed by atoms with Gasteiger partial charge < -0.3 is 4.90 Å². The highest BCUT2D eigenvalue weighted by atomic mass is 32.2. The Labute approximate surface area is 167 Å². The molecule has 3 aromatic rings. The van der Waals surface area contributed by atoms with E-state index in [4.69, 9.17) is 0 Å². The summed E-state index contributed by atoms with van der Waals surface area (Å²) in [5, 5.41) is 0. The fourth-order valence-electron chi connectivity index (χ4n) is 3.23. The summed E-state index contributed by atoms with van der Waals surface area (Å²) < 4.78 is 53.4. The average Bonchev–Trinajstić information content (AvgIpc) is 2.74. The molecule has 0 saturated carbocycles. The van der Waals surface area contributed by atoms with Crippen molar-refractivity contribution in [1.29, 1.82) is 0 Å². The van der Waals surface area contributed by atoms with Crippen LogP contribution in [0.15, 0.2) is 65.8 Å². The Kier molecular flexibility index (Phi) is 5.25. The quantitative estimate of drug-likeness (QED) is 0.654. The molecule has 0 aliphatic carbocycles. The van der Waals surface area contributed by atoms with Crippen LogP contribution >= 0.6 is 0 Å². The number of sulfonamides is 1. The zero-order valence-electron chi connectivity index (χ0n) is 15.4. The molecule has 150 valence electrons. The molecular formula is C20H18F2N4O2S. The molecule has 2 aromatic carbocycles. The summed E-state index contributed by atoms with van der Waals surface area (Å²) in [6.45, 7) is 1.40. The van der Waals surface area contributed by atoms with E-state index in [0.29, 0.717) is 24.6 Å². The van der Waals surface area contributed by atoms with Gasteiger partial charge >= 0.3 is 0 Å². The van der Waals surface area contributed by atoms with Gasteiger partial charge in [-0.3, -0.25) is 0 Å². The summed E-state index contributed by atoms with van der Waals surface area (Å²) in [7, 11) is -3.75. The zero-order valence-corrected chi connectivity index (χ0v) is 16.2. The van der Waals surface area contributed by atoms with Crippen LogP contribution in [0.4, 0.5) is 14.6 Å². The number of nitrogens with zero attached hydrogens (tertiary/aromatic N) is 4. The van der Waals surface area contributed by atoms with Gasteiger partial charge in [-0.05, 0) is 42.5 Å². The first-order chi connectivity index (χ1) is 13.9. The Morgan fingerprint density at radius 3 is 2.24 bits per heavy atom. The monoisotopic (exact) mass is 416 g/mol. The van der Waals surface area contributed by atoms with Crippen molar-refractivity contribution >= 4 is 15.8 Å². The molecule has 1 fully saturated rings. The number of benzene rings is 2. The van der Waals surface area contributed by atoms with E-state index >= 15 is 0 Å². The van der Waals surface area contributed by atoms with Gasteiger partial charge in [-0.15, -0.1) is 0 Å². The second kappa shape index (κ2) is 7.84. The second-order valence-corrected chi connectivity index (χ2v) is 8.55. The molecule has 0 amide bonds. The Balaban J connectivity index is 1.49. The Morgan fingerprint density at radius 2 is 1.55 bits per heavy atom. The van der Waals surface area contributed by atoms with Gasteiger partial charge in [0, 0.05) is 37.8 Å². The van der Waals surface area contributed by atoms with Crippen molar-refractivity contribution in [3.8, 4) is 11.3 Å². The van der Waals surface area contributed by atoms with Crippen LogP contribution in [-0.2, 0) is 10.0 Å². The minimum Gasteiger partial charge on any atom is -0.354 e. The van der Waals surface area contributed by atoms with Gasteiger partial charge in [-0.1, -0.05) is 6.07 Å². The molecule has 6 nitrogen and oxygen atoms in total. The lowest BCUT2D eigenvalue weighted by Crippen LogP contribution is -2.48. The van der Waals surface area contributed by atoms with Gasteiger partial charge in [0.05, 0.1) is 10.6 Å². The molecule has 9 heteroatoms. The molecule has 0 unspecified atom stereocenters. The Morgan fingerprint density at radius 1 is 0.828 bits per heavy atom. The normalized spacial score (nSPS) is 15.4. The van der Waals surface area contributed by atoms with Crippen LogP contribution in [0.1, 0.15) is 0 Å². The van der Waals surface area contributed by atoms with Crippen LogP contribution in [0.3, 0.4) is 0 Å². The maximum Gasteiger partial charge on any atom is 0.243 e. The Bertz CT molecular complexity index is 1120. The van der Waals surface area contributed by atoms with Crippen molar-refractivity contribution in [3.63, 3.8) is 0 Å². The van der Waals surface area contributed by atoms with Crippen LogP contribution in [0, 0.1) is 11.6 Å². The predicted molar refractivity (Wildman–Crippen MR) is 105 cm³/mol. The van der Waals surface area contributed by atoms with Crippen molar-refractivity contribution in [1.82, 2.24) is 14.3 Å². The standard InChI is InChI=1S/C20H18F2N4O2S/c21-16-6-4-15(5-7-16)19-13-20(24-14-23-19)25-8-10-26(11-9-25)29(27,28)18-3-1-2-17(22)12-18/h1-7,12-14H,8-11H2. The van der Waals surface area contributed by atoms with Gasteiger partial charge in [-0.2, -0.15) is 4.31 Å². The van der Waals surface area contributed by atoms with Gasteiger partial charge in [0.15, 0.2) is 0 Å². The first-order valence-corrected chi connectivity index (χ1v) is 10.5. The SMILES string of the molecule is O=S(=O)(c1cccc(F)c1)N1CCN(c2cc(-c3ccc(F)cc3)ncn2)CC1. The molecule has 1 aliphatic rings. The molecule has 1 saturated heterocycles. The maximum atomic E-state index is 13.4. The molecule has 0 bridgehead atoms. The van der Waals surface area contributed by atoms with Gasteiger partial charge in [0.2, 0.25) is 10.0 Å². The van der Waals surface area contributed by atoms with Crippen LogP contribution in [0.25, 0.3) is 11.3 Å². The third-order valence-corrected chi connectivity index (χ3v) is 6.68. The van der Waals surface area contributed by atoms with E-state index in [-0.39, 0.29) is 23.8 Å². The molecular weight excluding hydrogens is 398 g/mol. The third kappa shape index (κ3) is 4.10. The number of halogens is 2. The minimum absolute atomic E-state index is 0.0495. The highest BCUT2D eigenvalue weighted by molar-refractivity contribution is 7.89. The molecule has 1 aromatic heterocycles. The predicted octanol–water partition coefficient (Wildman–Crippen LogP) is 2.93. The summed E-state index contributed by atoms with van der Waals surface area (Å²) in [6.07, 6.45) is 1.43. The number of rotatable bonds is 4. The van der Waals surface area contributed by atoms with E-state index in [1.807, 2.05) is 4.90 Å². The van der Waals surface area contributed by atoms with Crippen LogP contribution in [0.2, 0.25) is 0 Å². The van der Waals surface area contributed by atoms with E-state index in [1.54, 1.807) is 18.2 Å². The maximum absolute atomic E-state index is 13.4. The summed E-state index contributed by atoms with van der Waals surface area (Å²) in [5.74, 6) is -0.236. The summed E-state index contributed by atoms with van der Waals surface area (Å²) in [6, 6.07) is 12.8. The summed E-state index contributed by atoms with van der Waals surface area (Å²) in [5.41, 5.74) is 1.42. The smallest absolute Gasteiger partial charge is 0.243 e. The number of aromatic nitrogens is 2. The van der Waals surface area contributed by atoms with Crippen molar-refractivity contribution in [2.45, 2.75) is 4.90 Å². The lowest BCUT2D eigenvalue weighted by molar-refractivity contribution is 0.383. The summed E-state index contributed by atoms with van der Waals surface area (Å²) >= 11 is 0. The molecule has 0 N–H and O–H groups in total. The number of anilines is 1. The van der Waals surface area contributed by atoms with Gasteiger partial charge in [-0.25, -0.2) is 27.2 Å². The number of hydrogen-bond donors (Lipinski definition) is 0. The number of hydrogen-bond acceptors (Lipinski definition) is 5. The first-order valence-electron chi connectivity index (χ1n) is 9.02. The van der Waals surface area contributed by atoms with Crippen molar-refractivity contribution in [3.05, 3.63) is 72.6 Å². The third-order valence-electron chi connectivity index (χ3n) is 4.79. The fraction of sp³-hybridized carbons (Fsp3) is 0.200. The lowest BCUT2D eigenvalue weighted by Gasteiger charge is -2.34. The zero-order chi connectivity index (χ0) is 20.4. The van der Waals surface area contributed by atoms with E-state index in [0.717, 1.165) is 11.6 Å². The molecule has 1 aliphatic heterocycles. The van der Waals surface area contributed by atoms with Crippen molar-refractivity contribution < 1.29 is 17.2 Å². The van der Waals surface area contributed by atoms with Crippen molar-refractivity contribution in [2.24, 2.45) is 0 Å². The van der Waals surface area contributed by atoms with Gasteiger partial charge in [0.25, 0.3) is 0 Å². The molecule has 0 atom stereocenters. The average molecular weight is 416 g/mol. The second-order valence-electron chi connectivity index (χ2n) is 6.62. The van der Waals surface area contributed by atoms with E-state index < -0.39 is 15.8 Å². The van der Waals surface area contributed by atoms with E-state index in [1.165, 1.54) is 41.0 Å². The Hall–Kier alpha value is -2.91. The van der Waals surface area contributed by atoms with E-state index in [9.17, 15) is 17.2 Å². The largest absolute Gasteiger partial charge is 0.354 e. The first kappa shape index (κ1) is 19.4. The van der Waals surface area contributed by atoms with Crippen LogP contribution in [-0.4, -0.2) is 48.9 Å². The topological polar surface area (TPSA) is 66.4 Å². The molecule has 2 heterocycles. The van der Waals surface area contributed by atoms with Crippen molar-refractivity contribution in [2.75, 3.05) is 31.1 Å². The summed E-state index contributed by atoms with van der Waals surface area (Å²) in [4.78, 5) is 10.4. The number of piperazine rings is 1. The van der Waals surface area contributed by atoms with Gasteiger partial charge in [0.1, 0.15) is 23.8 Å². The molecule has 29 heavy (non-hydrogen) atoms. The lowest BCUT2D eigenvalue weighted by atomic mass is 10.1. The van der Waals surface area contributed by atoms with Crippen LogP contribution < -0.4 is 4.90 Å². The molecule has 4 rings (SSSR count). The minimum atomic E-state index is -3.75. The highest BCUT2D eigenvalue weighted by Gasteiger charge is 2.29. The highest BCUT2D eigenvalue weighted by Crippen LogP contribution is 2.24. The van der Waals surface area contributed by atoms with Crippen LogP contribution in [0.5, 0.6) is 0 Å².